The van der Waals surface area contributed by atoms with Gasteiger partial charge in [0.1, 0.15) is 5.82 Å². The lowest BCUT2D eigenvalue weighted by atomic mass is 10.3. The number of halogens is 1. The summed E-state index contributed by atoms with van der Waals surface area (Å²) < 4.78 is 39.5. The Balaban J connectivity index is 2.33. The lowest BCUT2D eigenvalue weighted by Gasteiger charge is -2.24. The first kappa shape index (κ1) is 13.3. The van der Waals surface area contributed by atoms with Crippen LogP contribution in [0.3, 0.4) is 0 Å². The van der Waals surface area contributed by atoms with Crippen LogP contribution in [0.25, 0.3) is 0 Å². The van der Waals surface area contributed by atoms with Gasteiger partial charge in [0.05, 0.1) is 10.9 Å². The Morgan fingerprint density at radius 3 is 2.56 bits per heavy atom. The summed E-state index contributed by atoms with van der Waals surface area (Å²) in [6.07, 6.45) is 1.84. The summed E-state index contributed by atoms with van der Waals surface area (Å²) in [5, 5.41) is -0.352. The van der Waals surface area contributed by atoms with Gasteiger partial charge in [-0.25, -0.2) is 12.8 Å². The van der Waals surface area contributed by atoms with Crippen molar-refractivity contribution in [2.75, 3.05) is 17.4 Å². The highest BCUT2D eigenvalue weighted by Gasteiger charge is 2.40. The van der Waals surface area contributed by atoms with Crippen LogP contribution in [0.4, 0.5) is 10.1 Å². The maximum Gasteiger partial charge on any atom is 0.238 e. The minimum Gasteiger partial charge on any atom is -0.330 e. The Labute approximate surface area is 107 Å². The largest absolute Gasteiger partial charge is 0.330 e. The number of hydrogen-bond acceptors (Lipinski definition) is 3. The third kappa shape index (κ3) is 2.64. The molecule has 1 saturated carbocycles. The molecule has 1 aromatic rings. The van der Waals surface area contributed by atoms with Crippen LogP contribution in [0.1, 0.15) is 19.3 Å². The topological polar surface area (TPSA) is 63.4 Å². The highest BCUT2D eigenvalue weighted by atomic mass is 32.2. The second kappa shape index (κ2) is 5.24. The molecule has 4 nitrogen and oxygen atoms in total. The summed E-state index contributed by atoms with van der Waals surface area (Å²) in [6.45, 7) is 0.613. The molecule has 0 spiro atoms. The first-order chi connectivity index (χ1) is 8.57. The Morgan fingerprint density at radius 2 is 2.00 bits per heavy atom. The number of anilines is 1. The maximum atomic E-state index is 13.7. The van der Waals surface area contributed by atoms with Crippen LogP contribution in [0.5, 0.6) is 0 Å². The van der Waals surface area contributed by atoms with E-state index in [1.165, 1.54) is 16.4 Å². The van der Waals surface area contributed by atoms with Crippen molar-refractivity contribution in [1.29, 1.82) is 0 Å². The summed E-state index contributed by atoms with van der Waals surface area (Å²) in [4.78, 5) is 0. The van der Waals surface area contributed by atoms with Crippen LogP contribution < -0.4 is 10.0 Å². The van der Waals surface area contributed by atoms with Gasteiger partial charge in [0.2, 0.25) is 10.0 Å². The Bertz CT molecular complexity index is 515. The predicted octanol–water partition coefficient (Wildman–Crippen LogP) is 1.47. The zero-order valence-electron chi connectivity index (χ0n) is 10.0. The first-order valence-electron chi connectivity index (χ1n) is 6.03. The van der Waals surface area contributed by atoms with Gasteiger partial charge in [0.25, 0.3) is 0 Å². The lowest BCUT2D eigenvalue weighted by molar-refractivity contribution is 0.582. The number of benzene rings is 1. The molecule has 18 heavy (non-hydrogen) atoms. The monoisotopic (exact) mass is 272 g/mol. The second-order valence-corrected chi connectivity index (χ2v) is 6.55. The molecule has 0 atom stereocenters. The van der Waals surface area contributed by atoms with E-state index in [1.54, 1.807) is 12.1 Å². The average molecular weight is 272 g/mol. The summed E-state index contributed by atoms with van der Waals surface area (Å²) in [5.74, 6) is -0.515. The molecule has 1 aromatic carbocycles. The van der Waals surface area contributed by atoms with Crippen molar-refractivity contribution in [2.24, 2.45) is 5.73 Å². The summed E-state index contributed by atoms with van der Waals surface area (Å²) in [7, 11) is -3.44. The van der Waals surface area contributed by atoms with Gasteiger partial charge in [-0.15, -0.1) is 0 Å². The summed E-state index contributed by atoms with van der Waals surface area (Å²) >= 11 is 0. The molecular formula is C12H17FN2O2S. The highest BCUT2D eigenvalue weighted by molar-refractivity contribution is 7.93. The van der Waals surface area contributed by atoms with Crippen molar-refractivity contribution < 1.29 is 12.8 Å². The number of nitrogens with two attached hydrogens (primary N) is 1. The molecule has 1 aliphatic carbocycles. The van der Waals surface area contributed by atoms with Crippen molar-refractivity contribution in [3.63, 3.8) is 0 Å². The Kier molecular flexibility index (Phi) is 3.87. The SMILES string of the molecule is NCCCN(c1ccccc1F)S(=O)(=O)C1CC1. The quantitative estimate of drug-likeness (QED) is 0.853. The predicted molar refractivity (Wildman–Crippen MR) is 69.4 cm³/mol. The molecular weight excluding hydrogens is 255 g/mol. The molecule has 0 heterocycles. The molecule has 0 aliphatic heterocycles. The highest BCUT2D eigenvalue weighted by Crippen LogP contribution is 2.34. The molecule has 0 saturated heterocycles. The van der Waals surface area contributed by atoms with E-state index in [1.807, 2.05) is 0 Å². The van der Waals surface area contributed by atoms with Crippen molar-refractivity contribution in [3.8, 4) is 0 Å². The van der Waals surface area contributed by atoms with Gasteiger partial charge in [-0.1, -0.05) is 12.1 Å². The number of para-hydroxylation sites is 1. The number of nitrogens with zero attached hydrogens (tertiary/aromatic N) is 1. The van der Waals surface area contributed by atoms with Crippen LogP contribution in [0.15, 0.2) is 24.3 Å². The standard InChI is InChI=1S/C12H17FN2O2S/c13-11-4-1-2-5-12(11)15(9-3-8-14)18(16,17)10-6-7-10/h1-2,4-5,10H,3,6-9,14H2. The van der Waals surface area contributed by atoms with E-state index in [0.29, 0.717) is 25.8 Å². The molecule has 1 fully saturated rings. The van der Waals surface area contributed by atoms with Crippen molar-refractivity contribution in [3.05, 3.63) is 30.1 Å². The molecule has 0 bridgehead atoms. The molecule has 2 N–H and O–H groups in total. The van der Waals surface area contributed by atoms with E-state index in [9.17, 15) is 12.8 Å². The molecule has 0 unspecified atom stereocenters. The smallest absolute Gasteiger partial charge is 0.238 e. The zero-order chi connectivity index (χ0) is 13.2. The maximum absolute atomic E-state index is 13.7. The minimum atomic E-state index is -3.44. The van der Waals surface area contributed by atoms with Gasteiger partial charge in [0, 0.05) is 6.54 Å². The van der Waals surface area contributed by atoms with E-state index in [-0.39, 0.29) is 17.5 Å². The van der Waals surface area contributed by atoms with Gasteiger partial charge in [0.15, 0.2) is 0 Å². The van der Waals surface area contributed by atoms with E-state index >= 15 is 0 Å². The summed E-state index contributed by atoms with van der Waals surface area (Å²) in [5.41, 5.74) is 5.54. The van der Waals surface area contributed by atoms with Crippen LogP contribution >= 0.6 is 0 Å². The molecule has 1 aliphatic rings. The molecule has 0 radical (unpaired) electrons. The lowest BCUT2D eigenvalue weighted by Crippen LogP contribution is -2.36. The Hall–Kier alpha value is -1.14. The van der Waals surface area contributed by atoms with Gasteiger partial charge in [-0.2, -0.15) is 0 Å². The number of sulfonamides is 1. The number of rotatable bonds is 6. The molecule has 0 aromatic heterocycles. The Morgan fingerprint density at radius 1 is 1.33 bits per heavy atom. The minimum absolute atomic E-state index is 0.123. The second-order valence-electron chi connectivity index (χ2n) is 4.41. The number of hydrogen-bond donors (Lipinski definition) is 1. The van der Waals surface area contributed by atoms with Gasteiger partial charge in [-0.05, 0) is 37.9 Å². The van der Waals surface area contributed by atoms with Gasteiger partial charge < -0.3 is 5.73 Å². The van der Waals surface area contributed by atoms with E-state index in [0.717, 1.165) is 0 Å². The molecule has 0 amide bonds. The fourth-order valence-electron chi connectivity index (χ4n) is 1.82. The van der Waals surface area contributed by atoms with E-state index in [4.69, 9.17) is 5.73 Å². The molecule has 100 valence electrons. The van der Waals surface area contributed by atoms with Crippen molar-refractivity contribution in [2.45, 2.75) is 24.5 Å². The fourth-order valence-corrected chi connectivity index (χ4v) is 3.72. The zero-order valence-corrected chi connectivity index (χ0v) is 10.9. The van der Waals surface area contributed by atoms with E-state index in [2.05, 4.69) is 0 Å². The first-order valence-corrected chi connectivity index (χ1v) is 7.54. The van der Waals surface area contributed by atoms with E-state index < -0.39 is 15.8 Å². The average Bonchev–Trinajstić information content (AvgIpc) is 3.15. The van der Waals surface area contributed by atoms with Crippen LogP contribution in [0.2, 0.25) is 0 Å². The van der Waals surface area contributed by atoms with Crippen LogP contribution in [0, 0.1) is 5.82 Å². The normalized spacial score (nSPS) is 15.7. The third-order valence-electron chi connectivity index (χ3n) is 2.94. The van der Waals surface area contributed by atoms with Gasteiger partial charge in [-0.3, -0.25) is 4.31 Å². The summed E-state index contributed by atoms with van der Waals surface area (Å²) in [6, 6.07) is 5.94. The fraction of sp³-hybridized carbons (Fsp3) is 0.500. The van der Waals surface area contributed by atoms with Crippen LogP contribution in [-0.2, 0) is 10.0 Å². The molecule has 2 rings (SSSR count). The third-order valence-corrected chi connectivity index (χ3v) is 5.25. The molecule has 6 heteroatoms. The van der Waals surface area contributed by atoms with Crippen molar-refractivity contribution >= 4 is 15.7 Å². The van der Waals surface area contributed by atoms with Crippen molar-refractivity contribution in [1.82, 2.24) is 0 Å². The van der Waals surface area contributed by atoms with Gasteiger partial charge >= 0.3 is 0 Å². The van der Waals surface area contributed by atoms with Crippen LogP contribution in [-0.4, -0.2) is 26.8 Å².